The SMILES string of the molecule is C[C@H]1CN(c2cccc(S(C)(=O)=O)c2)CCN1Cc1ccc(C(F)(F)F)cn1. The smallest absolute Gasteiger partial charge is 0.369 e. The summed E-state index contributed by atoms with van der Waals surface area (Å²) in [4.78, 5) is 8.51. The Bertz CT molecular complexity index is 930. The Morgan fingerprint density at radius 1 is 1.18 bits per heavy atom. The van der Waals surface area contributed by atoms with Crippen molar-refractivity contribution in [3.63, 3.8) is 0 Å². The van der Waals surface area contributed by atoms with E-state index in [2.05, 4.69) is 14.8 Å². The quantitative estimate of drug-likeness (QED) is 0.771. The summed E-state index contributed by atoms with van der Waals surface area (Å²) in [6, 6.07) is 9.48. The molecule has 2 heterocycles. The number of alkyl halides is 3. The van der Waals surface area contributed by atoms with Gasteiger partial charge in [0.1, 0.15) is 0 Å². The van der Waals surface area contributed by atoms with E-state index in [-0.39, 0.29) is 10.9 Å². The van der Waals surface area contributed by atoms with E-state index < -0.39 is 21.6 Å². The van der Waals surface area contributed by atoms with Gasteiger partial charge in [-0.25, -0.2) is 8.42 Å². The second kappa shape index (κ2) is 7.71. The number of halogens is 3. The third-order valence-electron chi connectivity index (χ3n) is 4.89. The second-order valence-corrected chi connectivity index (χ2v) is 9.09. The number of rotatable bonds is 4. The Hall–Kier alpha value is -2.13. The number of benzene rings is 1. The molecule has 9 heteroatoms. The second-order valence-electron chi connectivity index (χ2n) is 7.07. The van der Waals surface area contributed by atoms with Crippen molar-refractivity contribution in [1.29, 1.82) is 0 Å². The molecule has 1 aromatic carbocycles. The topological polar surface area (TPSA) is 53.5 Å². The van der Waals surface area contributed by atoms with Gasteiger partial charge in [0.05, 0.1) is 16.2 Å². The van der Waals surface area contributed by atoms with E-state index in [4.69, 9.17) is 0 Å². The Kier molecular flexibility index (Phi) is 5.67. The Balaban J connectivity index is 1.66. The highest BCUT2D eigenvalue weighted by atomic mass is 32.2. The zero-order valence-electron chi connectivity index (χ0n) is 15.6. The summed E-state index contributed by atoms with van der Waals surface area (Å²) in [5, 5.41) is 0. The average Bonchev–Trinajstić information content (AvgIpc) is 2.62. The van der Waals surface area contributed by atoms with Crippen molar-refractivity contribution in [2.45, 2.75) is 30.6 Å². The van der Waals surface area contributed by atoms with Crippen molar-refractivity contribution in [1.82, 2.24) is 9.88 Å². The molecule has 5 nitrogen and oxygen atoms in total. The molecule has 0 N–H and O–H groups in total. The van der Waals surface area contributed by atoms with Gasteiger partial charge in [0, 0.05) is 50.4 Å². The van der Waals surface area contributed by atoms with Gasteiger partial charge in [-0.2, -0.15) is 13.2 Å². The van der Waals surface area contributed by atoms with E-state index in [9.17, 15) is 21.6 Å². The van der Waals surface area contributed by atoms with Crippen LogP contribution in [0.5, 0.6) is 0 Å². The van der Waals surface area contributed by atoms with Crippen LogP contribution >= 0.6 is 0 Å². The number of anilines is 1. The third-order valence-corrected chi connectivity index (χ3v) is 6.00. The fraction of sp³-hybridized carbons (Fsp3) is 0.421. The Morgan fingerprint density at radius 3 is 2.50 bits per heavy atom. The van der Waals surface area contributed by atoms with E-state index in [0.717, 1.165) is 18.0 Å². The lowest BCUT2D eigenvalue weighted by atomic mass is 10.1. The maximum absolute atomic E-state index is 12.7. The van der Waals surface area contributed by atoms with Gasteiger partial charge in [0.25, 0.3) is 0 Å². The average molecular weight is 413 g/mol. The fourth-order valence-electron chi connectivity index (χ4n) is 3.27. The van der Waals surface area contributed by atoms with Gasteiger partial charge in [-0.3, -0.25) is 9.88 Å². The monoisotopic (exact) mass is 413 g/mol. The zero-order chi connectivity index (χ0) is 20.5. The molecule has 1 fully saturated rings. The van der Waals surface area contributed by atoms with Gasteiger partial charge < -0.3 is 4.90 Å². The Labute approximate surface area is 162 Å². The number of hydrogen-bond donors (Lipinski definition) is 0. The molecule has 152 valence electrons. The van der Waals surface area contributed by atoms with Gasteiger partial charge in [-0.05, 0) is 37.3 Å². The fourth-order valence-corrected chi connectivity index (χ4v) is 3.93. The lowest BCUT2D eigenvalue weighted by Gasteiger charge is -2.41. The summed E-state index contributed by atoms with van der Waals surface area (Å²) in [6.07, 6.45) is -2.33. The van der Waals surface area contributed by atoms with Crippen LogP contribution in [-0.2, 0) is 22.6 Å². The number of sulfone groups is 1. The van der Waals surface area contributed by atoms with Gasteiger partial charge in [0.2, 0.25) is 0 Å². The van der Waals surface area contributed by atoms with Gasteiger partial charge in [-0.15, -0.1) is 0 Å². The first-order valence-corrected chi connectivity index (χ1v) is 10.7. The van der Waals surface area contributed by atoms with Crippen molar-refractivity contribution in [2.24, 2.45) is 0 Å². The molecule has 28 heavy (non-hydrogen) atoms. The predicted molar refractivity (Wildman–Crippen MR) is 101 cm³/mol. The van der Waals surface area contributed by atoms with E-state index in [1.165, 1.54) is 12.3 Å². The molecule has 0 radical (unpaired) electrons. The van der Waals surface area contributed by atoms with Crippen LogP contribution in [0.3, 0.4) is 0 Å². The number of piperazine rings is 1. The van der Waals surface area contributed by atoms with Crippen LogP contribution in [0, 0.1) is 0 Å². The summed E-state index contributed by atoms with van der Waals surface area (Å²) in [6.45, 7) is 4.59. The molecule has 1 aromatic heterocycles. The molecule has 0 amide bonds. The first-order valence-electron chi connectivity index (χ1n) is 8.85. The first-order chi connectivity index (χ1) is 13.0. The van der Waals surface area contributed by atoms with E-state index in [0.29, 0.717) is 31.9 Å². The summed E-state index contributed by atoms with van der Waals surface area (Å²) < 4.78 is 61.5. The maximum atomic E-state index is 12.7. The highest BCUT2D eigenvalue weighted by Gasteiger charge is 2.31. The highest BCUT2D eigenvalue weighted by molar-refractivity contribution is 7.90. The third kappa shape index (κ3) is 4.82. The van der Waals surface area contributed by atoms with Crippen molar-refractivity contribution in [3.05, 3.63) is 53.9 Å². The molecule has 0 unspecified atom stereocenters. The van der Waals surface area contributed by atoms with Crippen LogP contribution in [0.15, 0.2) is 47.5 Å². The maximum Gasteiger partial charge on any atom is 0.417 e. The first kappa shape index (κ1) is 20.6. The van der Waals surface area contributed by atoms with Crippen LogP contribution in [0.2, 0.25) is 0 Å². The number of hydrogen-bond acceptors (Lipinski definition) is 5. The normalized spacial score (nSPS) is 19.0. The van der Waals surface area contributed by atoms with Crippen molar-refractivity contribution >= 4 is 15.5 Å². The number of aromatic nitrogens is 1. The lowest BCUT2D eigenvalue weighted by Crippen LogP contribution is -2.51. The van der Waals surface area contributed by atoms with Crippen LogP contribution < -0.4 is 4.90 Å². The predicted octanol–water partition coefficient (Wildman–Crippen LogP) is 3.21. The summed E-state index contributed by atoms with van der Waals surface area (Å²) in [5.74, 6) is 0. The van der Waals surface area contributed by atoms with Crippen LogP contribution in [0.4, 0.5) is 18.9 Å². The number of nitrogens with zero attached hydrogens (tertiary/aromatic N) is 3. The van der Waals surface area contributed by atoms with E-state index >= 15 is 0 Å². The van der Waals surface area contributed by atoms with Crippen LogP contribution in [0.1, 0.15) is 18.2 Å². The lowest BCUT2D eigenvalue weighted by molar-refractivity contribution is -0.137. The Morgan fingerprint density at radius 2 is 1.93 bits per heavy atom. The summed E-state index contributed by atoms with van der Waals surface area (Å²) in [7, 11) is -3.27. The minimum Gasteiger partial charge on any atom is -0.369 e. The molecule has 0 bridgehead atoms. The molecule has 0 saturated carbocycles. The molecule has 1 atom stereocenters. The van der Waals surface area contributed by atoms with Crippen LogP contribution in [-0.4, -0.2) is 50.2 Å². The zero-order valence-corrected chi connectivity index (χ0v) is 16.5. The minimum absolute atomic E-state index is 0.139. The molecule has 3 rings (SSSR count). The molecule has 2 aromatic rings. The van der Waals surface area contributed by atoms with Gasteiger partial charge in [0.15, 0.2) is 9.84 Å². The van der Waals surface area contributed by atoms with Gasteiger partial charge >= 0.3 is 6.18 Å². The van der Waals surface area contributed by atoms with Crippen molar-refractivity contribution in [3.8, 4) is 0 Å². The van der Waals surface area contributed by atoms with Crippen molar-refractivity contribution in [2.75, 3.05) is 30.8 Å². The molecular weight excluding hydrogens is 391 g/mol. The van der Waals surface area contributed by atoms with Gasteiger partial charge in [-0.1, -0.05) is 6.07 Å². The molecule has 1 aliphatic rings. The molecule has 1 saturated heterocycles. The number of pyridine rings is 1. The standard InChI is InChI=1S/C19H22F3N3O2S/c1-14-12-25(17-4-3-5-18(10-17)28(2,26)27)9-8-24(14)13-16-7-6-15(11-23-16)19(20,21)22/h3-7,10-11,14H,8-9,12-13H2,1-2H3/t14-/m0/s1. The molecule has 0 aliphatic carbocycles. The highest BCUT2D eigenvalue weighted by Crippen LogP contribution is 2.29. The summed E-state index contributed by atoms with van der Waals surface area (Å²) in [5.41, 5.74) is 0.689. The van der Waals surface area contributed by atoms with E-state index in [1.54, 1.807) is 18.2 Å². The minimum atomic E-state index is -4.38. The largest absolute Gasteiger partial charge is 0.417 e. The van der Waals surface area contributed by atoms with Crippen LogP contribution in [0.25, 0.3) is 0 Å². The molecule has 1 aliphatic heterocycles. The summed E-state index contributed by atoms with van der Waals surface area (Å²) >= 11 is 0. The van der Waals surface area contributed by atoms with E-state index in [1.807, 2.05) is 13.0 Å². The molecular formula is C19H22F3N3O2S. The molecule has 0 spiro atoms. The van der Waals surface area contributed by atoms with Crippen molar-refractivity contribution < 1.29 is 21.6 Å².